The van der Waals surface area contributed by atoms with Crippen molar-refractivity contribution in [3.63, 3.8) is 0 Å². The first kappa shape index (κ1) is 13.7. The Balaban J connectivity index is 2.19. The molecule has 0 aliphatic heterocycles. The van der Waals surface area contributed by atoms with Crippen molar-refractivity contribution in [3.8, 4) is 0 Å². The van der Waals surface area contributed by atoms with Gasteiger partial charge in [0, 0.05) is 31.4 Å². The van der Waals surface area contributed by atoms with Gasteiger partial charge in [-0.15, -0.1) is 11.8 Å². The summed E-state index contributed by atoms with van der Waals surface area (Å²) >= 11 is 10.8. The highest BCUT2D eigenvalue weighted by Crippen LogP contribution is 2.33. The lowest BCUT2D eigenvalue weighted by Gasteiger charge is -2.08. The van der Waals surface area contributed by atoms with Crippen LogP contribution in [0.25, 0.3) is 0 Å². The Labute approximate surface area is 123 Å². The number of hydrogen-bond acceptors (Lipinski definition) is 2. The molecule has 2 rings (SSSR count). The summed E-state index contributed by atoms with van der Waals surface area (Å²) < 4.78 is 14.5. The first-order valence-corrected chi connectivity index (χ1v) is 7.34. The van der Waals surface area contributed by atoms with E-state index in [2.05, 4.69) is 15.9 Å². The average molecular weight is 347 g/mol. The van der Waals surface area contributed by atoms with Gasteiger partial charge in [0.15, 0.2) is 0 Å². The molecule has 0 fully saturated rings. The van der Waals surface area contributed by atoms with E-state index in [0.29, 0.717) is 22.0 Å². The number of anilines is 1. The van der Waals surface area contributed by atoms with E-state index in [1.165, 1.54) is 17.8 Å². The van der Waals surface area contributed by atoms with Crippen LogP contribution in [0.2, 0.25) is 5.02 Å². The number of nitrogen functional groups attached to an aromatic ring is 1. The van der Waals surface area contributed by atoms with Crippen molar-refractivity contribution < 1.29 is 4.39 Å². The molecular weight excluding hydrogens is 337 g/mol. The Kier molecular flexibility index (Phi) is 4.54. The van der Waals surface area contributed by atoms with Crippen LogP contribution in [-0.4, -0.2) is 0 Å². The molecule has 0 heterocycles. The molecule has 0 spiro atoms. The van der Waals surface area contributed by atoms with Crippen LogP contribution in [0.3, 0.4) is 0 Å². The van der Waals surface area contributed by atoms with Gasteiger partial charge in [-0.2, -0.15) is 0 Å². The van der Waals surface area contributed by atoms with E-state index in [9.17, 15) is 4.39 Å². The highest BCUT2D eigenvalue weighted by molar-refractivity contribution is 9.10. The molecule has 5 heteroatoms. The van der Waals surface area contributed by atoms with Crippen LogP contribution >= 0.6 is 39.3 Å². The maximum atomic E-state index is 13.6. The highest BCUT2D eigenvalue weighted by atomic mass is 79.9. The minimum atomic E-state index is -0.288. The summed E-state index contributed by atoms with van der Waals surface area (Å²) in [5, 5.41) is 0.441. The number of nitrogens with two attached hydrogens (primary N) is 1. The molecule has 1 nitrogen and oxygen atoms in total. The lowest BCUT2D eigenvalue weighted by Crippen LogP contribution is -1.92. The van der Waals surface area contributed by atoms with Crippen LogP contribution < -0.4 is 5.73 Å². The summed E-state index contributed by atoms with van der Waals surface area (Å²) in [4.78, 5) is 0.906. The fourth-order valence-corrected chi connectivity index (χ4v) is 3.31. The zero-order chi connectivity index (χ0) is 13.1. The summed E-state index contributed by atoms with van der Waals surface area (Å²) in [6.07, 6.45) is 0. The van der Waals surface area contributed by atoms with E-state index in [-0.39, 0.29) is 5.82 Å². The fourth-order valence-electron chi connectivity index (χ4n) is 1.45. The van der Waals surface area contributed by atoms with Crippen molar-refractivity contribution in [2.45, 2.75) is 10.6 Å². The van der Waals surface area contributed by atoms with Crippen molar-refractivity contribution in [1.82, 2.24) is 0 Å². The van der Waals surface area contributed by atoms with Gasteiger partial charge < -0.3 is 5.73 Å². The molecule has 0 saturated carbocycles. The molecule has 0 bridgehead atoms. The zero-order valence-electron chi connectivity index (χ0n) is 9.29. The second-order valence-electron chi connectivity index (χ2n) is 3.67. The lowest BCUT2D eigenvalue weighted by atomic mass is 10.2. The average Bonchev–Trinajstić information content (AvgIpc) is 2.33. The molecule has 2 N–H and O–H groups in total. The number of rotatable bonds is 3. The predicted octanol–water partition coefficient (Wildman–Crippen LogP) is 5.12. The van der Waals surface area contributed by atoms with Gasteiger partial charge in [-0.3, -0.25) is 0 Å². The molecule has 2 aromatic rings. The van der Waals surface area contributed by atoms with E-state index in [4.69, 9.17) is 17.3 Å². The molecule has 2 aromatic carbocycles. The Morgan fingerprint density at radius 3 is 2.78 bits per heavy atom. The minimum Gasteiger partial charge on any atom is -0.398 e. The molecule has 0 unspecified atom stereocenters. The predicted molar refractivity (Wildman–Crippen MR) is 79.5 cm³/mol. The van der Waals surface area contributed by atoms with Gasteiger partial charge in [0.25, 0.3) is 0 Å². The highest BCUT2D eigenvalue weighted by Gasteiger charge is 2.08. The summed E-state index contributed by atoms with van der Waals surface area (Å²) in [6.45, 7) is 0. The molecule has 0 radical (unpaired) electrons. The largest absolute Gasteiger partial charge is 0.398 e. The first-order valence-electron chi connectivity index (χ1n) is 5.18. The van der Waals surface area contributed by atoms with E-state index in [1.807, 2.05) is 18.2 Å². The van der Waals surface area contributed by atoms with Crippen molar-refractivity contribution in [3.05, 3.63) is 57.3 Å². The second kappa shape index (κ2) is 5.95. The van der Waals surface area contributed by atoms with Crippen LogP contribution in [-0.2, 0) is 5.75 Å². The Hall–Kier alpha value is -0.710. The van der Waals surface area contributed by atoms with Crippen molar-refractivity contribution >= 4 is 45.0 Å². The molecule has 0 aromatic heterocycles. The quantitative estimate of drug-likeness (QED) is 0.617. The zero-order valence-corrected chi connectivity index (χ0v) is 12.4. The molecule has 0 atom stereocenters. The number of hydrogen-bond donors (Lipinski definition) is 1. The molecule has 0 amide bonds. The summed E-state index contributed by atoms with van der Waals surface area (Å²) in [5.41, 5.74) is 7.04. The topological polar surface area (TPSA) is 26.0 Å². The Bertz CT molecular complexity index is 557. The fraction of sp³-hybridized carbons (Fsp3) is 0.0769. The van der Waals surface area contributed by atoms with Crippen LogP contribution in [0.4, 0.5) is 10.1 Å². The third-order valence-corrected chi connectivity index (χ3v) is 4.35. The van der Waals surface area contributed by atoms with Crippen molar-refractivity contribution in [2.75, 3.05) is 5.73 Å². The van der Waals surface area contributed by atoms with Crippen molar-refractivity contribution in [1.29, 1.82) is 0 Å². The molecule has 0 aliphatic rings. The summed E-state index contributed by atoms with van der Waals surface area (Å²) in [7, 11) is 0. The molecule has 0 saturated heterocycles. The van der Waals surface area contributed by atoms with E-state index < -0.39 is 0 Å². The van der Waals surface area contributed by atoms with Crippen LogP contribution in [0.5, 0.6) is 0 Å². The monoisotopic (exact) mass is 345 g/mol. The number of thioether (sulfide) groups is 1. The molecule has 0 aliphatic carbocycles. The second-order valence-corrected chi connectivity index (χ2v) is 6.01. The molecule has 18 heavy (non-hydrogen) atoms. The molecule has 94 valence electrons. The van der Waals surface area contributed by atoms with Crippen LogP contribution in [0.1, 0.15) is 5.56 Å². The summed E-state index contributed by atoms with van der Waals surface area (Å²) in [5.74, 6) is 0.162. The number of benzene rings is 2. The number of halogens is 3. The van der Waals surface area contributed by atoms with Crippen LogP contribution in [0, 0.1) is 5.82 Å². The van der Waals surface area contributed by atoms with Gasteiger partial charge in [-0.25, -0.2) is 4.39 Å². The van der Waals surface area contributed by atoms with Gasteiger partial charge in [0.2, 0.25) is 0 Å². The van der Waals surface area contributed by atoms with E-state index in [1.54, 1.807) is 12.1 Å². The minimum absolute atomic E-state index is 0.288. The standard InChI is InChI=1S/C13H10BrClFNS/c14-8-4-5-12(17)13(6-8)18-7-9-10(15)2-1-3-11(9)16/h1-6H,7,17H2. The van der Waals surface area contributed by atoms with Gasteiger partial charge >= 0.3 is 0 Å². The molecular formula is C13H10BrClFNS. The summed E-state index contributed by atoms with van der Waals surface area (Å²) in [6, 6.07) is 10.3. The SMILES string of the molecule is Nc1ccc(Br)cc1SCc1c(F)cccc1Cl. The van der Waals surface area contributed by atoms with Gasteiger partial charge in [0.1, 0.15) is 5.82 Å². The van der Waals surface area contributed by atoms with Crippen LogP contribution in [0.15, 0.2) is 45.8 Å². The third kappa shape index (κ3) is 3.19. The normalized spacial score (nSPS) is 10.6. The maximum Gasteiger partial charge on any atom is 0.128 e. The lowest BCUT2D eigenvalue weighted by molar-refractivity contribution is 0.617. The van der Waals surface area contributed by atoms with Gasteiger partial charge in [-0.1, -0.05) is 33.6 Å². The smallest absolute Gasteiger partial charge is 0.128 e. The maximum absolute atomic E-state index is 13.6. The third-order valence-electron chi connectivity index (χ3n) is 2.41. The van der Waals surface area contributed by atoms with Gasteiger partial charge in [0.05, 0.1) is 0 Å². The van der Waals surface area contributed by atoms with Gasteiger partial charge in [-0.05, 0) is 30.3 Å². The Morgan fingerprint density at radius 2 is 2.06 bits per heavy atom. The first-order chi connectivity index (χ1) is 8.58. The van der Waals surface area contributed by atoms with Crippen molar-refractivity contribution in [2.24, 2.45) is 0 Å². The Morgan fingerprint density at radius 1 is 1.28 bits per heavy atom. The van der Waals surface area contributed by atoms with E-state index >= 15 is 0 Å². The van der Waals surface area contributed by atoms with E-state index in [0.717, 1.165) is 9.37 Å².